The molecule has 0 spiro atoms. The summed E-state index contributed by atoms with van der Waals surface area (Å²) in [4.78, 5) is 19.6. The zero-order valence-corrected chi connectivity index (χ0v) is 18.1. The first-order valence-electron chi connectivity index (χ1n) is 11.1. The second kappa shape index (κ2) is 7.65. The van der Waals surface area contributed by atoms with Crippen molar-refractivity contribution in [2.45, 2.75) is 44.6 Å². The molecule has 2 N–H and O–H groups in total. The van der Waals surface area contributed by atoms with E-state index in [4.69, 9.17) is 0 Å². The van der Waals surface area contributed by atoms with Gasteiger partial charge in [-0.15, -0.1) is 0 Å². The number of aromatic nitrogens is 1. The molecule has 1 aliphatic carbocycles. The van der Waals surface area contributed by atoms with Crippen LogP contribution in [0.1, 0.15) is 37.8 Å². The second-order valence-corrected chi connectivity index (χ2v) is 9.32. The first-order valence-corrected chi connectivity index (χ1v) is 11.1. The number of fused-ring (bicyclic) bond motifs is 5. The Balaban J connectivity index is 1.26. The van der Waals surface area contributed by atoms with Gasteiger partial charge in [0.2, 0.25) is 5.91 Å². The van der Waals surface area contributed by atoms with Gasteiger partial charge in [0, 0.05) is 24.4 Å². The molecule has 160 valence electrons. The second-order valence-electron chi connectivity index (χ2n) is 9.32. The number of hydrogen-bond donors (Lipinski definition) is 2. The van der Waals surface area contributed by atoms with Gasteiger partial charge in [-0.25, -0.2) is 0 Å². The van der Waals surface area contributed by atoms with Crippen molar-refractivity contribution in [3.8, 4) is 5.75 Å². The largest absolute Gasteiger partial charge is 0.508 e. The smallest absolute Gasteiger partial charge is 0.225 e. The highest BCUT2D eigenvalue weighted by molar-refractivity contribution is 5.93. The Morgan fingerprint density at radius 3 is 2.97 bits per heavy atom. The fraction of sp³-hybridized carbons (Fsp3) is 0.385. The van der Waals surface area contributed by atoms with Crippen molar-refractivity contribution in [3.05, 3.63) is 65.9 Å². The number of nitrogens with zero attached hydrogens (tertiary/aromatic N) is 2. The number of carbonyl (C=O) groups excluding carboxylic acids is 1. The predicted octanol–water partition coefficient (Wildman–Crippen LogP) is 4.49. The summed E-state index contributed by atoms with van der Waals surface area (Å²) in [5, 5.41) is 14.0. The SMILES string of the molecule is C[C@H]1[C@H]2Cc3ccc(O)cc3[C@]1(C)CCN2CCC(=O)Nc1cnc2ccccc2c1. The molecule has 1 aromatic heterocycles. The first kappa shape index (κ1) is 20.0. The van der Waals surface area contributed by atoms with Crippen LogP contribution in [0, 0.1) is 5.92 Å². The lowest BCUT2D eigenvalue weighted by molar-refractivity contribution is -0.117. The molecule has 2 aliphatic rings. The van der Waals surface area contributed by atoms with Crippen molar-refractivity contribution in [2.24, 2.45) is 5.92 Å². The average Bonchev–Trinajstić information content (AvgIpc) is 2.76. The van der Waals surface area contributed by atoms with E-state index in [1.54, 1.807) is 12.3 Å². The molecule has 31 heavy (non-hydrogen) atoms. The van der Waals surface area contributed by atoms with Crippen molar-refractivity contribution in [1.82, 2.24) is 9.88 Å². The third-order valence-corrected chi connectivity index (χ3v) is 7.61. The minimum absolute atomic E-state index is 0.0270. The molecule has 1 aliphatic heterocycles. The van der Waals surface area contributed by atoms with Gasteiger partial charge < -0.3 is 10.4 Å². The highest BCUT2D eigenvalue weighted by Crippen LogP contribution is 2.49. The van der Waals surface area contributed by atoms with E-state index in [2.05, 4.69) is 35.1 Å². The number of para-hydroxylation sites is 1. The summed E-state index contributed by atoms with van der Waals surface area (Å²) in [5.74, 6) is 0.857. The maximum atomic E-state index is 12.7. The number of rotatable bonds is 4. The van der Waals surface area contributed by atoms with E-state index < -0.39 is 0 Å². The van der Waals surface area contributed by atoms with E-state index in [1.807, 2.05) is 36.4 Å². The zero-order chi connectivity index (χ0) is 21.6. The number of anilines is 1. The number of pyridine rings is 1. The monoisotopic (exact) mass is 415 g/mol. The van der Waals surface area contributed by atoms with Crippen molar-refractivity contribution < 1.29 is 9.90 Å². The van der Waals surface area contributed by atoms with E-state index in [1.165, 1.54) is 11.1 Å². The molecule has 1 saturated heterocycles. The third kappa shape index (κ3) is 3.57. The summed E-state index contributed by atoms with van der Waals surface area (Å²) < 4.78 is 0. The van der Waals surface area contributed by atoms with Gasteiger partial charge in [0.05, 0.1) is 17.4 Å². The molecule has 0 radical (unpaired) electrons. The summed E-state index contributed by atoms with van der Waals surface area (Å²) in [7, 11) is 0. The van der Waals surface area contributed by atoms with Gasteiger partial charge in [-0.05, 0) is 66.1 Å². The van der Waals surface area contributed by atoms with Crippen molar-refractivity contribution >= 4 is 22.5 Å². The molecule has 1 amide bonds. The Morgan fingerprint density at radius 2 is 2.10 bits per heavy atom. The number of aromatic hydroxyl groups is 1. The van der Waals surface area contributed by atoms with Crippen LogP contribution in [0.15, 0.2) is 54.7 Å². The standard InChI is InChI=1S/C26H29N3O2/c1-17-24-14-18-7-8-21(30)15-22(18)26(17,2)10-12-29(24)11-9-25(31)28-20-13-19-5-3-4-6-23(19)27-16-20/h3-8,13,15-17,24,30H,9-12,14H2,1-2H3,(H,28,31)/t17-,24+,26+/m0/s1. The number of phenolic OH excluding ortho intramolecular Hbond substituents is 1. The average molecular weight is 416 g/mol. The van der Waals surface area contributed by atoms with Gasteiger partial charge >= 0.3 is 0 Å². The van der Waals surface area contributed by atoms with E-state index in [9.17, 15) is 9.90 Å². The summed E-state index contributed by atoms with van der Waals surface area (Å²) in [6.45, 7) is 6.39. The van der Waals surface area contributed by atoms with Gasteiger partial charge in [-0.1, -0.05) is 38.1 Å². The van der Waals surface area contributed by atoms with Crippen molar-refractivity contribution in [1.29, 1.82) is 0 Å². The molecule has 5 nitrogen and oxygen atoms in total. The van der Waals surface area contributed by atoms with Crippen LogP contribution >= 0.6 is 0 Å². The summed E-state index contributed by atoms with van der Waals surface area (Å²) >= 11 is 0. The molecule has 2 aromatic carbocycles. The van der Waals surface area contributed by atoms with E-state index >= 15 is 0 Å². The lowest BCUT2D eigenvalue weighted by Gasteiger charge is -2.54. The van der Waals surface area contributed by atoms with Gasteiger partial charge in [-0.2, -0.15) is 0 Å². The Hall–Kier alpha value is -2.92. The van der Waals surface area contributed by atoms with Gasteiger partial charge in [0.25, 0.3) is 0 Å². The van der Waals surface area contributed by atoms with Gasteiger partial charge in [-0.3, -0.25) is 14.7 Å². The number of amides is 1. The molecule has 5 rings (SSSR count). The number of likely N-dealkylation sites (tertiary alicyclic amines) is 1. The highest BCUT2D eigenvalue weighted by Gasteiger charge is 2.48. The van der Waals surface area contributed by atoms with E-state index in [0.29, 0.717) is 24.1 Å². The van der Waals surface area contributed by atoms with Crippen LogP contribution < -0.4 is 5.32 Å². The highest BCUT2D eigenvalue weighted by atomic mass is 16.3. The molecular weight excluding hydrogens is 386 g/mol. The zero-order valence-electron chi connectivity index (χ0n) is 18.1. The van der Waals surface area contributed by atoms with Crippen LogP contribution in [0.2, 0.25) is 0 Å². The maximum absolute atomic E-state index is 12.7. The first-order chi connectivity index (χ1) is 14.9. The number of phenols is 1. The van der Waals surface area contributed by atoms with Gasteiger partial charge in [0.1, 0.15) is 5.75 Å². The van der Waals surface area contributed by atoms with Crippen LogP contribution in [0.4, 0.5) is 5.69 Å². The maximum Gasteiger partial charge on any atom is 0.225 e. The van der Waals surface area contributed by atoms with E-state index in [-0.39, 0.29) is 11.3 Å². The fourth-order valence-corrected chi connectivity index (χ4v) is 5.58. The van der Waals surface area contributed by atoms with Crippen LogP contribution in [0.5, 0.6) is 5.75 Å². The molecule has 3 atom stereocenters. The lowest BCUT2D eigenvalue weighted by Crippen LogP contribution is -2.58. The number of piperidine rings is 1. The Bertz CT molecular complexity index is 1140. The Morgan fingerprint density at radius 1 is 1.26 bits per heavy atom. The molecular formula is C26H29N3O2. The quantitative estimate of drug-likeness (QED) is 0.659. The molecule has 1 fully saturated rings. The molecule has 0 saturated carbocycles. The van der Waals surface area contributed by atoms with E-state index in [0.717, 1.165) is 42.5 Å². The number of carbonyl (C=O) groups is 1. The topological polar surface area (TPSA) is 65.5 Å². The summed E-state index contributed by atoms with van der Waals surface area (Å²) in [6.07, 6.45) is 4.21. The molecule has 5 heteroatoms. The normalized spacial score (nSPS) is 25.2. The number of benzene rings is 2. The predicted molar refractivity (Wildman–Crippen MR) is 123 cm³/mol. The number of hydrogen-bond acceptors (Lipinski definition) is 4. The molecule has 3 aromatic rings. The van der Waals surface area contributed by atoms with Crippen LogP contribution in [0.3, 0.4) is 0 Å². The molecule has 2 heterocycles. The summed E-state index contributed by atoms with van der Waals surface area (Å²) in [5.41, 5.74) is 4.38. The summed E-state index contributed by atoms with van der Waals surface area (Å²) in [6, 6.07) is 16.1. The molecule has 2 bridgehead atoms. The van der Waals surface area contributed by atoms with Gasteiger partial charge in [0.15, 0.2) is 0 Å². The van der Waals surface area contributed by atoms with Crippen LogP contribution in [-0.4, -0.2) is 40.0 Å². The third-order valence-electron chi connectivity index (χ3n) is 7.61. The number of nitrogens with one attached hydrogen (secondary N) is 1. The minimum atomic E-state index is 0.0270. The fourth-order valence-electron chi connectivity index (χ4n) is 5.58. The van der Waals surface area contributed by atoms with Crippen molar-refractivity contribution in [2.75, 3.05) is 18.4 Å². The lowest BCUT2D eigenvalue weighted by atomic mass is 9.59. The Kier molecular flexibility index (Phi) is 4.94. The Labute approximate surface area is 183 Å². The van der Waals surface area contributed by atoms with Crippen LogP contribution in [-0.2, 0) is 16.6 Å². The van der Waals surface area contributed by atoms with Crippen molar-refractivity contribution in [3.63, 3.8) is 0 Å². The van der Waals surface area contributed by atoms with Crippen LogP contribution in [0.25, 0.3) is 10.9 Å². The molecule has 0 unspecified atom stereocenters. The minimum Gasteiger partial charge on any atom is -0.508 e.